The average molecular weight is 340 g/mol. The molecule has 0 aliphatic carbocycles. The zero-order valence-corrected chi connectivity index (χ0v) is 14.0. The number of hydrogen-bond acceptors (Lipinski definition) is 5. The van der Waals surface area contributed by atoms with Crippen molar-refractivity contribution in [2.24, 2.45) is 0 Å². The van der Waals surface area contributed by atoms with Gasteiger partial charge >= 0.3 is 5.97 Å². The number of pyridine rings is 1. The maximum Gasteiger partial charge on any atom is 0.339 e. The molecule has 2 heterocycles. The third-order valence-corrected chi connectivity index (χ3v) is 4.14. The number of esters is 1. The van der Waals surface area contributed by atoms with E-state index in [0.29, 0.717) is 17.7 Å². The van der Waals surface area contributed by atoms with Gasteiger partial charge in [0.05, 0.1) is 24.5 Å². The SMILES string of the molecule is COC(=O)c1ccc(-c2ccc(C(=O)NC[C@@H]3CCCO3)cc2)nc1. The third kappa shape index (κ3) is 4.22. The van der Waals surface area contributed by atoms with Crippen molar-refractivity contribution in [2.45, 2.75) is 18.9 Å². The van der Waals surface area contributed by atoms with Crippen LogP contribution >= 0.6 is 0 Å². The van der Waals surface area contributed by atoms with Gasteiger partial charge in [-0.2, -0.15) is 0 Å². The van der Waals surface area contributed by atoms with Crippen molar-refractivity contribution in [3.63, 3.8) is 0 Å². The Morgan fingerprint density at radius 2 is 1.96 bits per heavy atom. The molecule has 1 N–H and O–H groups in total. The van der Waals surface area contributed by atoms with Crippen LogP contribution in [0.5, 0.6) is 0 Å². The fourth-order valence-corrected chi connectivity index (χ4v) is 2.71. The number of ether oxygens (including phenoxy) is 2. The van der Waals surface area contributed by atoms with Gasteiger partial charge in [-0.05, 0) is 37.1 Å². The van der Waals surface area contributed by atoms with Crippen molar-refractivity contribution in [3.8, 4) is 11.3 Å². The van der Waals surface area contributed by atoms with Gasteiger partial charge < -0.3 is 14.8 Å². The number of carbonyl (C=O) groups is 2. The number of nitrogens with zero attached hydrogens (tertiary/aromatic N) is 1. The summed E-state index contributed by atoms with van der Waals surface area (Å²) >= 11 is 0. The lowest BCUT2D eigenvalue weighted by Crippen LogP contribution is -2.31. The zero-order chi connectivity index (χ0) is 17.6. The molecule has 1 atom stereocenters. The van der Waals surface area contributed by atoms with Gasteiger partial charge in [-0.1, -0.05) is 12.1 Å². The Balaban J connectivity index is 1.63. The monoisotopic (exact) mass is 340 g/mol. The highest BCUT2D eigenvalue weighted by molar-refractivity contribution is 5.94. The Kier molecular flexibility index (Phi) is 5.40. The molecule has 1 aliphatic heterocycles. The highest BCUT2D eigenvalue weighted by Crippen LogP contribution is 2.18. The van der Waals surface area contributed by atoms with Gasteiger partial charge in [0, 0.05) is 30.5 Å². The topological polar surface area (TPSA) is 77.5 Å². The van der Waals surface area contributed by atoms with Crippen molar-refractivity contribution in [1.29, 1.82) is 0 Å². The Hall–Kier alpha value is -2.73. The highest BCUT2D eigenvalue weighted by atomic mass is 16.5. The van der Waals surface area contributed by atoms with Crippen molar-refractivity contribution in [2.75, 3.05) is 20.3 Å². The molecule has 3 rings (SSSR count). The molecule has 1 saturated heterocycles. The van der Waals surface area contributed by atoms with Crippen molar-refractivity contribution >= 4 is 11.9 Å². The van der Waals surface area contributed by atoms with E-state index in [-0.39, 0.29) is 12.0 Å². The van der Waals surface area contributed by atoms with Gasteiger partial charge in [-0.3, -0.25) is 9.78 Å². The van der Waals surface area contributed by atoms with Crippen LogP contribution in [0.15, 0.2) is 42.6 Å². The van der Waals surface area contributed by atoms with Crippen LogP contribution in [0, 0.1) is 0 Å². The summed E-state index contributed by atoms with van der Waals surface area (Å²) in [5.41, 5.74) is 2.58. The number of carbonyl (C=O) groups excluding carboxylic acids is 2. The van der Waals surface area contributed by atoms with Crippen LogP contribution < -0.4 is 5.32 Å². The largest absolute Gasteiger partial charge is 0.465 e. The molecule has 0 radical (unpaired) electrons. The minimum Gasteiger partial charge on any atom is -0.465 e. The molecule has 6 heteroatoms. The first-order chi connectivity index (χ1) is 12.2. The summed E-state index contributed by atoms with van der Waals surface area (Å²) < 4.78 is 10.1. The lowest BCUT2D eigenvalue weighted by atomic mass is 10.1. The van der Waals surface area contributed by atoms with Gasteiger partial charge in [0.25, 0.3) is 5.91 Å². The van der Waals surface area contributed by atoms with E-state index >= 15 is 0 Å². The van der Waals surface area contributed by atoms with Crippen molar-refractivity contribution in [1.82, 2.24) is 10.3 Å². The van der Waals surface area contributed by atoms with Gasteiger partial charge in [0.2, 0.25) is 0 Å². The Labute approximate surface area is 146 Å². The van der Waals surface area contributed by atoms with E-state index in [1.165, 1.54) is 13.3 Å². The van der Waals surface area contributed by atoms with E-state index in [4.69, 9.17) is 4.74 Å². The Morgan fingerprint density at radius 1 is 1.20 bits per heavy atom. The smallest absolute Gasteiger partial charge is 0.339 e. The molecule has 1 aliphatic rings. The predicted octanol–water partition coefficient (Wildman–Crippen LogP) is 2.44. The number of hydrogen-bond donors (Lipinski definition) is 1. The molecule has 0 spiro atoms. The van der Waals surface area contributed by atoms with E-state index in [9.17, 15) is 9.59 Å². The maximum absolute atomic E-state index is 12.2. The van der Waals surface area contributed by atoms with E-state index in [2.05, 4.69) is 15.0 Å². The van der Waals surface area contributed by atoms with Crippen LogP contribution in [0.2, 0.25) is 0 Å². The minimum absolute atomic E-state index is 0.115. The summed E-state index contributed by atoms with van der Waals surface area (Å²) in [6.45, 7) is 1.31. The fraction of sp³-hybridized carbons (Fsp3) is 0.316. The maximum atomic E-state index is 12.2. The Bertz CT molecular complexity index is 735. The molecule has 0 saturated carbocycles. The number of aromatic nitrogens is 1. The van der Waals surface area contributed by atoms with Crippen LogP contribution in [-0.2, 0) is 9.47 Å². The summed E-state index contributed by atoms with van der Waals surface area (Å²) in [6, 6.07) is 10.6. The molecule has 1 aromatic carbocycles. The first-order valence-corrected chi connectivity index (χ1v) is 8.22. The van der Waals surface area contributed by atoms with Crippen LogP contribution in [0.3, 0.4) is 0 Å². The second kappa shape index (κ2) is 7.90. The van der Waals surface area contributed by atoms with Crippen molar-refractivity contribution < 1.29 is 19.1 Å². The summed E-state index contributed by atoms with van der Waals surface area (Å²) in [4.78, 5) is 27.9. The lowest BCUT2D eigenvalue weighted by molar-refractivity contribution is 0.0600. The minimum atomic E-state index is -0.419. The summed E-state index contributed by atoms with van der Waals surface area (Å²) in [5, 5.41) is 2.90. The van der Waals surface area contributed by atoms with Crippen LogP contribution in [-0.4, -0.2) is 43.2 Å². The molecule has 1 amide bonds. The molecule has 0 unspecified atom stereocenters. The standard InChI is InChI=1S/C19H20N2O4/c1-24-19(23)15-8-9-17(20-11-15)13-4-6-14(7-5-13)18(22)21-12-16-3-2-10-25-16/h4-9,11,16H,2-3,10,12H2,1H3,(H,21,22)/t16-/m0/s1. The summed E-state index contributed by atoms with van der Waals surface area (Å²) in [6.07, 6.45) is 3.65. The second-order valence-electron chi connectivity index (χ2n) is 5.85. The van der Waals surface area contributed by atoms with Gasteiger partial charge in [0.1, 0.15) is 0 Å². The van der Waals surface area contributed by atoms with E-state index in [1.54, 1.807) is 24.3 Å². The van der Waals surface area contributed by atoms with E-state index in [0.717, 1.165) is 30.7 Å². The highest BCUT2D eigenvalue weighted by Gasteiger charge is 2.16. The molecule has 1 fully saturated rings. The van der Waals surface area contributed by atoms with Gasteiger partial charge in [-0.15, -0.1) is 0 Å². The molecular weight excluding hydrogens is 320 g/mol. The normalized spacial score (nSPS) is 16.4. The summed E-state index contributed by atoms with van der Waals surface area (Å²) in [7, 11) is 1.33. The number of nitrogens with one attached hydrogen (secondary N) is 1. The van der Waals surface area contributed by atoms with Crippen LogP contribution in [0.4, 0.5) is 0 Å². The molecule has 6 nitrogen and oxygen atoms in total. The number of methoxy groups -OCH3 is 1. The fourth-order valence-electron chi connectivity index (χ4n) is 2.71. The molecule has 0 bridgehead atoms. The van der Waals surface area contributed by atoms with Crippen LogP contribution in [0.1, 0.15) is 33.6 Å². The summed E-state index contributed by atoms with van der Waals surface area (Å²) in [5.74, 6) is -0.534. The van der Waals surface area contributed by atoms with Gasteiger partial charge in [-0.25, -0.2) is 4.79 Å². The molecular formula is C19H20N2O4. The molecule has 1 aromatic heterocycles. The number of amides is 1. The zero-order valence-electron chi connectivity index (χ0n) is 14.0. The predicted molar refractivity (Wildman–Crippen MR) is 92.3 cm³/mol. The van der Waals surface area contributed by atoms with E-state index < -0.39 is 5.97 Å². The first-order valence-electron chi connectivity index (χ1n) is 8.22. The van der Waals surface area contributed by atoms with Gasteiger partial charge in [0.15, 0.2) is 0 Å². The number of benzene rings is 1. The van der Waals surface area contributed by atoms with Crippen LogP contribution in [0.25, 0.3) is 11.3 Å². The van der Waals surface area contributed by atoms with Crippen molar-refractivity contribution in [3.05, 3.63) is 53.7 Å². The average Bonchev–Trinajstić information content (AvgIpc) is 3.19. The Morgan fingerprint density at radius 3 is 2.56 bits per heavy atom. The molecule has 25 heavy (non-hydrogen) atoms. The second-order valence-corrected chi connectivity index (χ2v) is 5.85. The lowest BCUT2D eigenvalue weighted by Gasteiger charge is -2.11. The molecule has 130 valence electrons. The van der Waals surface area contributed by atoms with E-state index in [1.807, 2.05) is 12.1 Å². The number of rotatable bonds is 5. The first kappa shape index (κ1) is 17.1. The quantitative estimate of drug-likeness (QED) is 0.846. The third-order valence-electron chi connectivity index (χ3n) is 4.14. The molecule has 2 aromatic rings.